The number of pyridine rings is 1. The van der Waals surface area contributed by atoms with Gasteiger partial charge in [0.05, 0.1) is 6.42 Å². The smallest absolute Gasteiger partial charge is 0.193 e. The molecule has 0 fully saturated rings. The molecule has 1 aromatic heterocycles. The summed E-state index contributed by atoms with van der Waals surface area (Å²) in [6.07, 6.45) is 6.92. The number of benzene rings is 2. The Morgan fingerprint density at radius 1 is 0.958 bits per heavy atom. The lowest BCUT2D eigenvalue weighted by atomic mass is 10.1. The fourth-order valence-corrected chi connectivity index (χ4v) is 2.83. The van der Waals surface area contributed by atoms with Crippen molar-refractivity contribution in [3.05, 3.63) is 101 Å². The van der Waals surface area contributed by atoms with Gasteiger partial charge >= 0.3 is 0 Å². The van der Waals surface area contributed by atoms with Crippen LogP contribution in [0, 0.1) is 0 Å². The summed E-state index contributed by atoms with van der Waals surface area (Å²) < 4.78 is 2.29. The van der Waals surface area contributed by atoms with E-state index in [0.717, 1.165) is 13.0 Å². The maximum absolute atomic E-state index is 8.35. The van der Waals surface area contributed by atoms with Crippen LogP contribution in [0.4, 0.5) is 0 Å². The van der Waals surface area contributed by atoms with Gasteiger partial charge in [-0.25, -0.2) is 0 Å². The monoisotopic (exact) mass is 315 g/mol. The Morgan fingerprint density at radius 2 is 1.75 bits per heavy atom. The Balaban J connectivity index is 1.96. The van der Waals surface area contributed by atoms with Crippen molar-refractivity contribution >= 4 is 10.8 Å². The minimum Gasteiger partial charge on any atom is -0.197 e. The van der Waals surface area contributed by atoms with E-state index in [9.17, 15) is 0 Å². The third-order valence-corrected chi connectivity index (χ3v) is 3.98. The van der Waals surface area contributed by atoms with Gasteiger partial charge in [0.1, 0.15) is 0 Å². The number of rotatable bonds is 6. The molecule has 0 N–H and O–H groups in total. The molecule has 3 rings (SSSR count). The van der Waals surface area contributed by atoms with E-state index >= 15 is 0 Å². The van der Waals surface area contributed by atoms with Crippen molar-refractivity contribution in [1.29, 1.82) is 0 Å². The molecule has 24 heavy (non-hydrogen) atoms. The first-order chi connectivity index (χ1) is 11.9. The summed E-state index contributed by atoms with van der Waals surface area (Å²) in [6, 6.07) is 21.0. The normalized spacial score (nSPS) is 10.8. The molecule has 0 saturated heterocycles. The van der Waals surface area contributed by atoms with Crippen LogP contribution >= 0.6 is 0 Å². The highest BCUT2D eigenvalue weighted by atomic mass is 15.1. The average Bonchev–Trinajstić information content (AvgIpc) is 2.63. The zero-order valence-corrected chi connectivity index (χ0v) is 13.4. The van der Waals surface area contributed by atoms with Crippen LogP contribution < -0.4 is 4.57 Å². The Kier molecular flexibility index (Phi) is 5.23. The van der Waals surface area contributed by atoms with E-state index in [1.165, 1.54) is 22.0 Å². The van der Waals surface area contributed by atoms with Crippen LogP contribution in [0.1, 0.15) is 11.3 Å². The van der Waals surface area contributed by atoms with Crippen molar-refractivity contribution < 1.29 is 4.57 Å². The van der Waals surface area contributed by atoms with Gasteiger partial charge in [-0.2, -0.15) is 4.57 Å². The predicted molar refractivity (Wildman–Crippen MR) is 96.5 cm³/mol. The first-order valence-electron chi connectivity index (χ1n) is 7.98. The van der Waals surface area contributed by atoms with E-state index in [0.29, 0.717) is 6.54 Å². The lowest BCUT2D eigenvalue weighted by Gasteiger charge is -2.06. The van der Waals surface area contributed by atoms with E-state index in [4.69, 9.17) is 5.53 Å². The maximum Gasteiger partial charge on any atom is 0.193 e. The van der Waals surface area contributed by atoms with Crippen LogP contribution in [-0.4, -0.2) is 6.54 Å². The number of hydrogen-bond donors (Lipinski definition) is 0. The zero-order valence-electron chi connectivity index (χ0n) is 13.4. The molecule has 0 bridgehead atoms. The van der Waals surface area contributed by atoms with Gasteiger partial charge in [0.15, 0.2) is 18.4 Å². The van der Waals surface area contributed by atoms with Crippen LogP contribution in [0.25, 0.3) is 21.2 Å². The molecule has 0 atom stereocenters. The van der Waals surface area contributed by atoms with Gasteiger partial charge in [-0.15, -0.1) is 0 Å². The highest BCUT2D eigenvalue weighted by Crippen LogP contribution is 2.16. The average molecular weight is 315 g/mol. The molecule has 4 heteroatoms. The third kappa shape index (κ3) is 3.80. The minimum atomic E-state index is 0.389. The lowest BCUT2D eigenvalue weighted by Crippen LogP contribution is -2.38. The van der Waals surface area contributed by atoms with Gasteiger partial charge in [0.2, 0.25) is 0 Å². The molecular formula is C20H19N4+. The van der Waals surface area contributed by atoms with E-state index in [-0.39, 0.29) is 0 Å². The van der Waals surface area contributed by atoms with Gasteiger partial charge in [0.25, 0.3) is 0 Å². The summed E-state index contributed by atoms with van der Waals surface area (Å²) in [6.45, 7) is 1.23. The van der Waals surface area contributed by atoms with Gasteiger partial charge in [-0.1, -0.05) is 65.8 Å². The van der Waals surface area contributed by atoms with Gasteiger partial charge in [0, 0.05) is 28.5 Å². The molecule has 0 amide bonds. The molecule has 0 unspecified atom stereocenters. The fraction of sp³-hybridized carbons (Fsp3) is 0.150. The standard InChI is InChI=1S/C20H19N4/c21-23-22-14-7-6-12-20-19-11-5-4-10-18(19)13-15-24(20)16-17-8-2-1-3-9-17/h1-11,13,15H,12,14,16H2/q+1. The van der Waals surface area contributed by atoms with Crippen molar-refractivity contribution in [3.8, 4) is 0 Å². The second kappa shape index (κ2) is 7.95. The highest BCUT2D eigenvalue weighted by molar-refractivity contribution is 5.83. The molecule has 4 nitrogen and oxygen atoms in total. The summed E-state index contributed by atoms with van der Waals surface area (Å²) in [7, 11) is 0. The highest BCUT2D eigenvalue weighted by Gasteiger charge is 2.14. The number of hydrogen-bond acceptors (Lipinski definition) is 1. The first kappa shape index (κ1) is 15.8. The molecule has 2 aromatic carbocycles. The summed E-state index contributed by atoms with van der Waals surface area (Å²) in [5, 5.41) is 6.03. The summed E-state index contributed by atoms with van der Waals surface area (Å²) >= 11 is 0. The van der Waals surface area contributed by atoms with Crippen LogP contribution in [0.15, 0.2) is 84.1 Å². The number of allylic oxidation sites excluding steroid dienone is 1. The largest absolute Gasteiger partial charge is 0.197 e. The molecule has 0 radical (unpaired) electrons. The second-order valence-corrected chi connectivity index (χ2v) is 5.55. The Hall–Kier alpha value is -3.10. The third-order valence-electron chi connectivity index (χ3n) is 3.98. The summed E-state index contributed by atoms with van der Waals surface area (Å²) in [4.78, 5) is 2.77. The zero-order chi connectivity index (χ0) is 16.6. The molecule has 3 aromatic rings. The van der Waals surface area contributed by atoms with Crippen molar-refractivity contribution in [2.24, 2.45) is 5.11 Å². The molecular weight excluding hydrogens is 296 g/mol. The molecule has 0 spiro atoms. The van der Waals surface area contributed by atoms with Gasteiger partial charge in [-0.05, 0) is 17.0 Å². The van der Waals surface area contributed by atoms with Crippen LogP contribution in [-0.2, 0) is 13.0 Å². The van der Waals surface area contributed by atoms with Crippen molar-refractivity contribution in [3.63, 3.8) is 0 Å². The number of fused-ring (bicyclic) bond motifs is 1. The minimum absolute atomic E-state index is 0.389. The lowest BCUT2D eigenvalue weighted by molar-refractivity contribution is -0.693. The number of aromatic nitrogens is 1. The Bertz CT molecular complexity index is 894. The molecule has 118 valence electrons. The molecule has 0 aliphatic carbocycles. The van der Waals surface area contributed by atoms with E-state index in [1.54, 1.807) is 0 Å². The van der Waals surface area contributed by atoms with Crippen molar-refractivity contribution in [2.45, 2.75) is 13.0 Å². The number of azide groups is 1. The van der Waals surface area contributed by atoms with Gasteiger partial charge in [-0.3, -0.25) is 0 Å². The predicted octanol–water partition coefficient (Wildman–Crippen LogP) is 4.58. The van der Waals surface area contributed by atoms with E-state index < -0.39 is 0 Å². The SMILES string of the molecule is [N-]=[N+]=NCC=CCc1c2ccccc2cc[n+]1Cc1ccccc1. The topological polar surface area (TPSA) is 52.6 Å². The molecule has 1 heterocycles. The molecule has 0 aliphatic rings. The van der Waals surface area contributed by atoms with E-state index in [1.807, 2.05) is 12.1 Å². The number of nitrogens with zero attached hydrogens (tertiary/aromatic N) is 4. The second-order valence-electron chi connectivity index (χ2n) is 5.55. The summed E-state index contributed by atoms with van der Waals surface area (Å²) in [5.41, 5.74) is 10.9. The van der Waals surface area contributed by atoms with E-state index in [2.05, 4.69) is 81.5 Å². The molecule has 0 aliphatic heterocycles. The quantitative estimate of drug-likeness (QED) is 0.210. The summed E-state index contributed by atoms with van der Waals surface area (Å²) in [5.74, 6) is 0. The maximum atomic E-state index is 8.35. The Labute approximate surface area is 141 Å². The first-order valence-corrected chi connectivity index (χ1v) is 7.98. The van der Waals surface area contributed by atoms with Crippen LogP contribution in [0.2, 0.25) is 0 Å². The van der Waals surface area contributed by atoms with Crippen molar-refractivity contribution in [1.82, 2.24) is 0 Å². The van der Waals surface area contributed by atoms with Crippen LogP contribution in [0.3, 0.4) is 0 Å². The van der Waals surface area contributed by atoms with Crippen molar-refractivity contribution in [2.75, 3.05) is 6.54 Å². The fourth-order valence-electron chi connectivity index (χ4n) is 2.83. The van der Waals surface area contributed by atoms with Crippen LogP contribution in [0.5, 0.6) is 0 Å². The Morgan fingerprint density at radius 3 is 2.58 bits per heavy atom. The molecule has 0 saturated carbocycles. The van der Waals surface area contributed by atoms with Gasteiger partial charge < -0.3 is 0 Å².